The average Bonchev–Trinajstić information content (AvgIpc) is 3.24. The van der Waals surface area contributed by atoms with Crippen LogP contribution in [0.2, 0.25) is 10.0 Å². The van der Waals surface area contributed by atoms with E-state index in [1.807, 2.05) is 0 Å². The molecule has 1 heterocycles. The number of carbonyl (C=O) groups excluding carboxylic acids is 2. The van der Waals surface area contributed by atoms with Crippen LogP contribution in [0.15, 0.2) is 47.4 Å². The third-order valence-electron chi connectivity index (χ3n) is 4.35. The minimum absolute atomic E-state index is 0.0503. The molecule has 1 aliphatic rings. The highest BCUT2D eigenvalue weighted by atomic mass is 35.5. The number of ether oxygens (including phenoxy) is 1. The summed E-state index contributed by atoms with van der Waals surface area (Å²) in [7, 11) is -3.52. The van der Waals surface area contributed by atoms with E-state index < -0.39 is 28.5 Å². The largest absolute Gasteiger partial charge is 0.452 e. The van der Waals surface area contributed by atoms with Gasteiger partial charge in [-0.25, -0.2) is 13.2 Å². The first-order valence-electron chi connectivity index (χ1n) is 8.80. The van der Waals surface area contributed by atoms with E-state index in [-0.39, 0.29) is 20.5 Å². The third kappa shape index (κ3) is 5.08. The van der Waals surface area contributed by atoms with Crippen molar-refractivity contribution in [3.05, 3.63) is 58.1 Å². The Kier molecular flexibility index (Phi) is 6.79. The van der Waals surface area contributed by atoms with Gasteiger partial charge >= 0.3 is 5.97 Å². The molecule has 1 N–H and O–H groups in total. The van der Waals surface area contributed by atoms with Gasteiger partial charge in [-0.2, -0.15) is 4.31 Å². The number of amides is 1. The van der Waals surface area contributed by atoms with E-state index in [1.165, 1.54) is 40.7 Å². The predicted octanol–water partition coefficient (Wildman–Crippen LogP) is 3.57. The van der Waals surface area contributed by atoms with Crippen LogP contribution in [0.3, 0.4) is 0 Å². The Morgan fingerprint density at radius 2 is 1.69 bits per heavy atom. The van der Waals surface area contributed by atoms with Crippen molar-refractivity contribution < 1.29 is 22.7 Å². The second-order valence-electron chi connectivity index (χ2n) is 6.36. The average molecular weight is 457 g/mol. The van der Waals surface area contributed by atoms with Crippen LogP contribution in [0.5, 0.6) is 0 Å². The molecule has 0 aromatic heterocycles. The molecule has 29 heavy (non-hydrogen) atoms. The predicted molar refractivity (Wildman–Crippen MR) is 110 cm³/mol. The van der Waals surface area contributed by atoms with Crippen LogP contribution in [0.1, 0.15) is 23.2 Å². The number of esters is 1. The summed E-state index contributed by atoms with van der Waals surface area (Å²) in [4.78, 5) is 24.2. The highest BCUT2D eigenvalue weighted by Crippen LogP contribution is 2.26. The first-order chi connectivity index (χ1) is 13.8. The second-order valence-corrected chi connectivity index (χ2v) is 9.08. The van der Waals surface area contributed by atoms with Crippen molar-refractivity contribution in [3.8, 4) is 0 Å². The number of anilines is 1. The van der Waals surface area contributed by atoms with Gasteiger partial charge in [0.1, 0.15) is 0 Å². The summed E-state index contributed by atoms with van der Waals surface area (Å²) < 4.78 is 31.4. The number of rotatable bonds is 6. The molecule has 0 radical (unpaired) electrons. The Hall–Kier alpha value is -2.13. The molecule has 1 aliphatic heterocycles. The maximum absolute atomic E-state index is 12.5. The molecule has 0 bridgehead atoms. The minimum Gasteiger partial charge on any atom is -0.452 e. The lowest BCUT2D eigenvalue weighted by Crippen LogP contribution is -2.27. The Morgan fingerprint density at radius 3 is 2.34 bits per heavy atom. The summed E-state index contributed by atoms with van der Waals surface area (Å²) >= 11 is 11.8. The minimum atomic E-state index is -3.52. The highest BCUT2D eigenvalue weighted by molar-refractivity contribution is 7.89. The van der Waals surface area contributed by atoms with Crippen molar-refractivity contribution in [2.75, 3.05) is 25.0 Å². The van der Waals surface area contributed by atoms with Crippen LogP contribution >= 0.6 is 23.2 Å². The van der Waals surface area contributed by atoms with E-state index in [2.05, 4.69) is 5.32 Å². The molecule has 0 saturated carbocycles. The summed E-state index contributed by atoms with van der Waals surface area (Å²) in [5.41, 5.74) is 0.440. The van der Waals surface area contributed by atoms with Crippen LogP contribution in [-0.4, -0.2) is 44.3 Å². The Morgan fingerprint density at radius 1 is 1.03 bits per heavy atom. The molecule has 3 rings (SSSR count). The molecule has 2 aromatic carbocycles. The van der Waals surface area contributed by atoms with Crippen molar-refractivity contribution in [2.45, 2.75) is 17.7 Å². The van der Waals surface area contributed by atoms with Crippen LogP contribution in [0.4, 0.5) is 5.69 Å². The van der Waals surface area contributed by atoms with E-state index in [0.29, 0.717) is 18.8 Å². The summed E-state index contributed by atoms with van der Waals surface area (Å²) in [5, 5.41) is 2.79. The van der Waals surface area contributed by atoms with Gasteiger partial charge in [-0.3, -0.25) is 4.79 Å². The zero-order valence-corrected chi connectivity index (χ0v) is 17.6. The topological polar surface area (TPSA) is 92.8 Å². The fourth-order valence-corrected chi connectivity index (χ4v) is 4.75. The Labute approximate surface area is 178 Å². The van der Waals surface area contributed by atoms with E-state index in [9.17, 15) is 18.0 Å². The van der Waals surface area contributed by atoms with Crippen LogP contribution < -0.4 is 5.32 Å². The molecule has 2 aromatic rings. The number of nitrogens with one attached hydrogen (secondary N) is 1. The quantitative estimate of drug-likeness (QED) is 0.670. The van der Waals surface area contributed by atoms with E-state index >= 15 is 0 Å². The molecule has 0 unspecified atom stereocenters. The smallest absolute Gasteiger partial charge is 0.340 e. The number of sulfonamides is 1. The van der Waals surface area contributed by atoms with Gasteiger partial charge in [-0.15, -0.1) is 0 Å². The van der Waals surface area contributed by atoms with Gasteiger partial charge in [-0.05, 0) is 49.2 Å². The lowest BCUT2D eigenvalue weighted by molar-refractivity contribution is -0.119. The molecule has 10 heteroatoms. The normalized spacial score (nSPS) is 14.6. The fraction of sp³-hybridized carbons (Fsp3) is 0.263. The molecule has 1 saturated heterocycles. The summed E-state index contributed by atoms with van der Waals surface area (Å²) in [6.45, 7) is 0.501. The van der Waals surface area contributed by atoms with Gasteiger partial charge in [0, 0.05) is 18.8 Å². The molecule has 0 atom stereocenters. The van der Waals surface area contributed by atoms with Crippen LogP contribution in [0, 0.1) is 0 Å². The standard InChI is InChI=1S/C19H18Cl2N2O5S/c20-16-5-3-4-15(18(16)21)19(25)28-12-17(24)22-13-6-8-14(9-7-13)29(26,27)23-10-1-2-11-23/h3-9H,1-2,10-12H2,(H,22,24). The van der Waals surface area contributed by atoms with E-state index in [4.69, 9.17) is 27.9 Å². The van der Waals surface area contributed by atoms with Crippen molar-refractivity contribution in [3.63, 3.8) is 0 Å². The Bertz CT molecular complexity index is 1020. The second kappa shape index (κ2) is 9.13. The summed E-state index contributed by atoms with van der Waals surface area (Å²) in [6.07, 6.45) is 1.71. The zero-order chi connectivity index (χ0) is 21.0. The lowest BCUT2D eigenvalue weighted by Gasteiger charge is -2.15. The molecule has 154 valence electrons. The van der Waals surface area contributed by atoms with E-state index in [0.717, 1.165) is 12.8 Å². The van der Waals surface area contributed by atoms with Gasteiger partial charge in [0.2, 0.25) is 10.0 Å². The molecule has 1 fully saturated rings. The first kappa shape index (κ1) is 21.6. The van der Waals surface area contributed by atoms with Gasteiger partial charge in [0.05, 0.1) is 20.5 Å². The highest BCUT2D eigenvalue weighted by Gasteiger charge is 2.27. The molecule has 7 nitrogen and oxygen atoms in total. The SMILES string of the molecule is O=C(COC(=O)c1cccc(Cl)c1Cl)Nc1ccc(S(=O)(=O)N2CCCC2)cc1. The lowest BCUT2D eigenvalue weighted by atomic mass is 10.2. The van der Waals surface area contributed by atoms with Crippen molar-refractivity contribution in [1.29, 1.82) is 0 Å². The molecule has 0 spiro atoms. The summed E-state index contributed by atoms with van der Waals surface area (Å²) in [6, 6.07) is 10.3. The maximum atomic E-state index is 12.5. The van der Waals surface area contributed by atoms with Crippen molar-refractivity contribution >= 4 is 50.8 Å². The third-order valence-corrected chi connectivity index (χ3v) is 7.08. The van der Waals surface area contributed by atoms with Gasteiger partial charge in [-0.1, -0.05) is 29.3 Å². The van der Waals surface area contributed by atoms with E-state index in [1.54, 1.807) is 6.07 Å². The van der Waals surface area contributed by atoms with Crippen LogP contribution in [0.25, 0.3) is 0 Å². The van der Waals surface area contributed by atoms with Gasteiger partial charge in [0.25, 0.3) is 5.91 Å². The fourth-order valence-electron chi connectivity index (χ4n) is 2.86. The molecule has 1 amide bonds. The number of hydrogen-bond donors (Lipinski definition) is 1. The Balaban J connectivity index is 1.57. The number of hydrogen-bond acceptors (Lipinski definition) is 5. The van der Waals surface area contributed by atoms with Gasteiger partial charge < -0.3 is 10.1 Å². The number of nitrogens with zero attached hydrogens (tertiary/aromatic N) is 1. The number of carbonyl (C=O) groups is 2. The molecular weight excluding hydrogens is 439 g/mol. The van der Waals surface area contributed by atoms with Crippen LogP contribution in [-0.2, 0) is 19.6 Å². The molecule has 0 aliphatic carbocycles. The first-order valence-corrected chi connectivity index (χ1v) is 11.0. The summed E-state index contributed by atoms with van der Waals surface area (Å²) in [5.74, 6) is -1.36. The number of benzene rings is 2. The maximum Gasteiger partial charge on any atom is 0.340 e. The van der Waals surface area contributed by atoms with Crippen molar-refractivity contribution in [2.24, 2.45) is 0 Å². The number of halogens is 2. The van der Waals surface area contributed by atoms with Crippen molar-refractivity contribution in [1.82, 2.24) is 4.31 Å². The van der Waals surface area contributed by atoms with Gasteiger partial charge in [0.15, 0.2) is 6.61 Å². The zero-order valence-electron chi connectivity index (χ0n) is 15.2. The molecular formula is C19H18Cl2N2O5S. The monoisotopic (exact) mass is 456 g/mol.